The van der Waals surface area contributed by atoms with Crippen LogP contribution in [0.1, 0.15) is 34.8 Å². The van der Waals surface area contributed by atoms with Crippen molar-refractivity contribution < 1.29 is 9.53 Å². The molecule has 0 bridgehead atoms. The van der Waals surface area contributed by atoms with Gasteiger partial charge in [0.2, 0.25) is 0 Å². The largest absolute Gasteiger partial charge is 0.497 e. The average molecular weight is 380 g/mol. The van der Waals surface area contributed by atoms with E-state index in [0.29, 0.717) is 11.6 Å². The molecule has 2 aromatic carbocycles. The van der Waals surface area contributed by atoms with Crippen molar-refractivity contribution in [3.05, 3.63) is 59.2 Å². The van der Waals surface area contributed by atoms with Crippen molar-refractivity contribution in [3.63, 3.8) is 0 Å². The zero-order valence-corrected chi connectivity index (χ0v) is 16.7. The van der Waals surface area contributed by atoms with Crippen molar-refractivity contribution in [2.75, 3.05) is 31.6 Å². The Bertz CT molecular complexity index is 834. The first-order chi connectivity index (χ1) is 13.7. The average Bonchev–Trinajstić information content (AvgIpc) is 2.74. The normalized spacial score (nSPS) is 21.7. The zero-order chi connectivity index (χ0) is 19.5. The highest BCUT2D eigenvalue weighted by Gasteiger charge is 2.27. The van der Waals surface area contributed by atoms with Crippen molar-refractivity contribution >= 4 is 11.6 Å². The minimum absolute atomic E-state index is 0.0101. The van der Waals surface area contributed by atoms with Crippen LogP contribution >= 0.6 is 0 Å². The first-order valence-corrected chi connectivity index (χ1v) is 10.2. The maximum atomic E-state index is 12.7. The highest BCUT2D eigenvalue weighted by molar-refractivity contribution is 5.94. The third kappa shape index (κ3) is 3.85. The molecule has 1 saturated heterocycles. The molecular weight excluding hydrogens is 350 g/mol. The summed E-state index contributed by atoms with van der Waals surface area (Å²) in [4.78, 5) is 15.2. The molecule has 0 saturated carbocycles. The van der Waals surface area contributed by atoms with Crippen LogP contribution < -0.4 is 20.3 Å². The molecule has 1 fully saturated rings. The summed E-state index contributed by atoms with van der Waals surface area (Å²) in [6.07, 6.45) is 2.89. The number of nitrogens with zero attached hydrogens (tertiary/aromatic N) is 1. The number of methoxy groups -OCH3 is 1. The van der Waals surface area contributed by atoms with Gasteiger partial charge in [-0.05, 0) is 67.6 Å². The summed E-state index contributed by atoms with van der Waals surface area (Å²) in [7, 11) is 1.63. The van der Waals surface area contributed by atoms with Gasteiger partial charge in [0, 0.05) is 43.0 Å². The number of fused-ring (bicyclic) bond motifs is 1. The van der Waals surface area contributed by atoms with Gasteiger partial charge in [0.15, 0.2) is 0 Å². The molecular formula is C23H29N3O2. The second-order valence-corrected chi connectivity index (χ2v) is 7.80. The van der Waals surface area contributed by atoms with Gasteiger partial charge in [-0.15, -0.1) is 0 Å². The highest BCUT2D eigenvalue weighted by atomic mass is 16.5. The standard InChI is InChI=1S/C23H29N3O2/c1-16-15-24-12-13-26(16)22-5-3-4-17-6-9-19(14-21(17)22)25-23(27)18-7-10-20(28-2)11-8-18/h3-5,7-8,10-11,16,19,24H,6,9,12-15H2,1-2H3,(H,25,27)/t16?,19-/m1/s1. The van der Waals surface area contributed by atoms with Crippen LogP contribution in [0.3, 0.4) is 0 Å². The van der Waals surface area contributed by atoms with Crippen LogP contribution in [0, 0.1) is 0 Å². The summed E-state index contributed by atoms with van der Waals surface area (Å²) < 4.78 is 5.18. The molecule has 1 heterocycles. The lowest BCUT2D eigenvalue weighted by atomic mass is 9.86. The number of benzene rings is 2. The fourth-order valence-corrected chi connectivity index (χ4v) is 4.37. The topological polar surface area (TPSA) is 53.6 Å². The number of anilines is 1. The molecule has 1 amide bonds. The van der Waals surface area contributed by atoms with Gasteiger partial charge in [-0.25, -0.2) is 0 Å². The fraction of sp³-hybridized carbons (Fsp3) is 0.435. The smallest absolute Gasteiger partial charge is 0.251 e. The van der Waals surface area contributed by atoms with Crippen LogP contribution in [0.5, 0.6) is 5.75 Å². The molecule has 148 valence electrons. The van der Waals surface area contributed by atoms with E-state index in [1.54, 1.807) is 7.11 Å². The molecule has 2 aromatic rings. The first kappa shape index (κ1) is 18.8. The fourth-order valence-electron chi connectivity index (χ4n) is 4.37. The second-order valence-electron chi connectivity index (χ2n) is 7.80. The number of nitrogens with one attached hydrogen (secondary N) is 2. The van der Waals surface area contributed by atoms with Gasteiger partial charge >= 0.3 is 0 Å². The Balaban J connectivity index is 1.50. The molecule has 5 nitrogen and oxygen atoms in total. The van der Waals surface area contributed by atoms with Crippen LogP contribution in [0.25, 0.3) is 0 Å². The number of amides is 1. The quantitative estimate of drug-likeness (QED) is 0.858. The Morgan fingerprint density at radius 2 is 2.04 bits per heavy atom. The number of hydrogen-bond donors (Lipinski definition) is 2. The van der Waals surface area contributed by atoms with Gasteiger partial charge in [-0.3, -0.25) is 4.79 Å². The third-order valence-electron chi connectivity index (χ3n) is 5.96. The highest BCUT2D eigenvalue weighted by Crippen LogP contribution is 2.32. The van der Waals surface area contributed by atoms with Crippen LogP contribution in [0.15, 0.2) is 42.5 Å². The lowest BCUT2D eigenvalue weighted by molar-refractivity contribution is 0.0933. The van der Waals surface area contributed by atoms with Gasteiger partial charge in [0.25, 0.3) is 5.91 Å². The minimum atomic E-state index is -0.0101. The number of ether oxygens (including phenoxy) is 1. The Labute approximate surface area is 167 Å². The number of carbonyl (C=O) groups excluding carboxylic acids is 1. The van der Waals surface area contributed by atoms with Crippen LogP contribution in [0.2, 0.25) is 0 Å². The molecule has 1 aliphatic carbocycles. The Kier molecular flexibility index (Phi) is 5.53. The number of rotatable bonds is 4. The molecule has 1 aliphatic heterocycles. The molecule has 1 unspecified atom stereocenters. The minimum Gasteiger partial charge on any atom is -0.497 e. The molecule has 5 heteroatoms. The second kappa shape index (κ2) is 8.23. The van der Waals surface area contributed by atoms with E-state index < -0.39 is 0 Å². The van der Waals surface area contributed by atoms with Crippen LogP contribution in [0.4, 0.5) is 5.69 Å². The van der Waals surface area contributed by atoms with E-state index in [0.717, 1.165) is 44.6 Å². The van der Waals surface area contributed by atoms with Gasteiger partial charge in [-0.2, -0.15) is 0 Å². The number of hydrogen-bond acceptors (Lipinski definition) is 4. The molecule has 0 radical (unpaired) electrons. The summed E-state index contributed by atoms with van der Waals surface area (Å²) in [6, 6.07) is 14.6. The molecule has 4 rings (SSSR count). The third-order valence-corrected chi connectivity index (χ3v) is 5.96. The summed E-state index contributed by atoms with van der Waals surface area (Å²) in [5, 5.41) is 6.71. The van der Waals surface area contributed by atoms with Crippen molar-refractivity contribution in [1.82, 2.24) is 10.6 Å². The van der Waals surface area contributed by atoms with E-state index in [1.807, 2.05) is 24.3 Å². The van der Waals surface area contributed by atoms with Gasteiger partial charge < -0.3 is 20.3 Å². The first-order valence-electron chi connectivity index (χ1n) is 10.2. The molecule has 28 heavy (non-hydrogen) atoms. The predicted molar refractivity (Wildman–Crippen MR) is 112 cm³/mol. The summed E-state index contributed by atoms with van der Waals surface area (Å²) >= 11 is 0. The maximum absolute atomic E-state index is 12.7. The number of carbonyl (C=O) groups is 1. The van der Waals surface area contributed by atoms with Crippen molar-refractivity contribution in [2.24, 2.45) is 0 Å². The van der Waals surface area contributed by atoms with E-state index in [9.17, 15) is 4.79 Å². The molecule has 2 N–H and O–H groups in total. The zero-order valence-electron chi connectivity index (χ0n) is 16.7. The lowest BCUT2D eigenvalue weighted by Gasteiger charge is -2.39. The number of aryl methyl sites for hydroxylation is 1. The van der Waals surface area contributed by atoms with E-state index in [4.69, 9.17) is 4.74 Å². The monoisotopic (exact) mass is 379 g/mol. The predicted octanol–water partition coefficient (Wildman–Crippen LogP) is 2.78. The van der Waals surface area contributed by atoms with Gasteiger partial charge in [0.05, 0.1) is 7.11 Å². The van der Waals surface area contributed by atoms with Crippen molar-refractivity contribution in [2.45, 2.75) is 38.3 Å². The molecule has 0 aromatic heterocycles. The number of piperazine rings is 1. The van der Waals surface area contributed by atoms with E-state index >= 15 is 0 Å². The van der Waals surface area contributed by atoms with E-state index in [2.05, 4.69) is 40.7 Å². The van der Waals surface area contributed by atoms with Crippen molar-refractivity contribution in [3.8, 4) is 5.75 Å². The molecule has 2 atom stereocenters. The van der Waals surface area contributed by atoms with Gasteiger partial charge in [0.1, 0.15) is 5.75 Å². The summed E-state index contributed by atoms with van der Waals surface area (Å²) in [5.41, 5.74) is 4.85. The maximum Gasteiger partial charge on any atom is 0.251 e. The lowest BCUT2D eigenvalue weighted by Crippen LogP contribution is -2.50. The molecule has 0 spiro atoms. The Hall–Kier alpha value is -2.53. The Morgan fingerprint density at radius 1 is 1.21 bits per heavy atom. The van der Waals surface area contributed by atoms with Crippen molar-refractivity contribution in [1.29, 1.82) is 0 Å². The van der Waals surface area contributed by atoms with Crippen LogP contribution in [-0.4, -0.2) is 44.7 Å². The molecule has 2 aliphatic rings. The summed E-state index contributed by atoms with van der Waals surface area (Å²) in [6.45, 7) is 5.34. The Morgan fingerprint density at radius 3 is 2.79 bits per heavy atom. The van der Waals surface area contributed by atoms with E-state index in [1.165, 1.54) is 16.8 Å². The van der Waals surface area contributed by atoms with E-state index in [-0.39, 0.29) is 11.9 Å². The SMILES string of the molecule is COc1ccc(C(=O)N[C@@H]2CCc3cccc(N4CCNCC4C)c3C2)cc1. The summed E-state index contributed by atoms with van der Waals surface area (Å²) in [5.74, 6) is 0.752. The van der Waals surface area contributed by atoms with Crippen LogP contribution in [-0.2, 0) is 12.8 Å². The van der Waals surface area contributed by atoms with Gasteiger partial charge in [-0.1, -0.05) is 12.1 Å².